The molecule has 2 N–H and O–H groups in total. The molecular weight excluding hydrogens is 359 g/mol. The van der Waals surface area contributed by atoms with Gasteiger partial charge in [0.25, 0.3) is 0 Å². The van der Waals surface area contributed by atoms with Crippen LogP contribution in [-0.2, 0) is 25.7 Å². The molecule has 1 aromatic rings. The Morgan fingerprint density at radius 2 is 2.11 bits per heavy atom. The second-order valence-corrected chi connectivity index (χ2v) is 6.26. The number of hydrogen-bond donors (Lipinski definition) is 2. The van der Waals surface area contributed by atoms with Crippen molar-refractivity contribution in [3.05, 3.63) is 29.3 Å². The number of carbonyl (C=O) groups is 3. The molecule has 0 aromatic heterocycles. The van der Waals surface area contributed by atoms with Crippen molar-refractivity contribution in [2.45, 2.75) is 44.8 Å². The Kier molecular flexibility index (Phi) is 11.7. The summed E-state index contributed by atoms with van der Waals surface area (Å²) in [4.78, 5) is 31.6. The van der Waals surface area contributed by atoms with E-state index in [1.807, 2.05) is 18.2 Å². The Balaban J connectivity index is 0.000000330. The average Bonchev–Trinajstić information content (AvgIpc) is 2.69. The molecule has 1 atom stereocenters. The Morgan fingerprint density at radius 3 is 2.71 bits per heavy atom. The quantitative estimate of drug-likeness (QED) is 0.268. The van der Waals surface area contributed by atoms with E-state index < -0.39 is 0 Å². The Bertz CT molecular complexity index is 666. The van der Waals surface area contributed by atoms with E-state index >= 15 is 0 Å². The molecule has 0 aliphatic carbocycles. The van der Waals surface area contributed by atoms with Crippen LogP contribution in [0.1, 0.15) is 43.2 Å². The minimum atomic E-state index is -0.209. The molecule has 1 fully saturated rings. The molecule has 0 bridgehead atoms. The van der Waals surface area contributed by atoms with E-state index in [0.717, 1.165) is 36.0 Å². The molecule has 7 nitrogen and oxygen atoms in total. The van der Waals surface area contributed by atoms with Gasteiger partial charge >= 0.3 is 109 Å². The summed E-state index contributed by atoms with van der Waals surface area (Å²) in [6, 6.07) is 5.55. The summed E-state index contributed by atoms with van der Waals surface area (Å²) in [6.45, 7) is 1.12. The molecule has 1 heterocycles. The van der Waals surface area contributed by atoms with Gasteiger partial charge in [0.2, 0.25) is 11.8 Å². The van der Waals surface area contributed by atoms with Crippen LogP contribution in [-0.4, -0.2) is 58.4 Å². The Labute approximate surface area is 167 Å². The molecule has 0 spiro atoms. The number of carbonyl (C=O) groups excluding carboxylic acids is 3. The van der Waals surface area contributed by atoms with Gasteiger partial charge < -0.3 is 5.32 Å². The van der Waals surface area contributed by atoms with E-state index in [1.54, 1.807) is 20.1 Å². The topological polar surface area (TPSA) is 93.7 Å². The number of benzene rings is 1. The Morgan fingerprint density at radius 1 is 1.32 bits per heavy atom. The fourth-order valence-corrected chi connectivity index (χ4v) is 2.60. The molecule has 151 valence electrons. The summed E-state index contributed by atoms with van der Waals surface area (Å²) >= 11 is 0. The van der Waals surface area contributed by atoms with Crippen LogP contribution in [0, 0.1) is 0 Å². The molecule has 8 heteroatoms. The molecule has 1 aliphatic rings. The zero-order valence-electron chi connectivity index (χ0n) is 16.5. The number of piperidine rings is 1. The fraction of sp³-hybridized carbons (Fsp3) is 0.500. The first kappa shape index (κ1) is 23.7. The van der Waals surface area contributed by atoms with Crippen LogP contribution < -0.4 is 15.4 Å². The van der Waals surface area contributed by atoms with Crippen LogP contribution in [0.2, 0.25) is 0 Å². The first-order valence-corrected chi connectivity index (χ1v) is 9.29. The van der Waals surface area contributed by atoms with Crippen LogP contribution >= 0.6 is 0 Å². The van der Waals surface area contributed by atoms with E-state index in [9.17, 15) is 14.4 Å². The zero-order valence-corrected chi connectivity index (χ0v) is 16.5. The number of hydrogen-bond acceptors (Lipinski definition) is 6. The van der Waals surface area contributed by atoms with Crippen molar-refractivity contribution < 1.29 is 23.9 Å². The van der Waals surface area contributed by atoms with Crippen LogP contribution in [0.15, 0.2) is 18.2 Å². The van der Waals surface area contributed by atoms with Gasteiger partial charge in [-0.25, -0.2) is 0 Å². The van der Waals surface area contributed by atoms with Crippen LogP contribution in [0.5, 0.6) is 5.75 Å². The number of unbranched alkanes of at least 4 members (excludes halogenated alkanes) is 2. The summed E-state index contributed by atoms with van der Waals surface area (Å²) in [7, 11) is 8.89. The summed E-state index contributed by atoms with van der Waals surface area (Å²) in [5, 5.41) is 5.05. The Hall–Kier alpha value is -2.32. The van der Waals surface area contributed by atoms with E-state index in [1.165, 1.54) is 0 Å². The zero-order chi connectivity index (χ0) is 20.8. The van der Waals surface area contributed by atoms with Gasteiger partial charge in [0, 0.05) is 6.42 Å². The predicted molar refractivity (Wildman–Crippen MR) is 109 cm³/mol. The van der Waals surface area contributed by atoms with Crippen molar-refractivity contribution in [1.82, 2.24) is 10.6 Å². The number of nitrogens with one attached hydrogen (secondary N) is 2. The third kappa shape index (κ3) is 8.58. The van der Waals surface area contributed by atoms with Crippen molar-refractivity contribution >= 4 is 31.6 Å². The third-order valence-electron chi connectivity index (χ3n) is 4.17. The first-order chi connectivity index (χ1) is 13.5. The number of amides is 2. The molecule has 28 heavy (non-hydrogen) atoms. The standard InChI is InChI=1S/C14H18BO3.C6H10N2O2/c1-17-11-13-9-14(6-5-12(13)10-15)18-8-4-2-3-7-16;1-7-4-2-3-5(9)8-6(4)10/h5-7,9-10H,2-4,8,11H2,1H3;4,7H,2-3H2,1H3,(H,8,9,10). The van der Waals surface area contributed by atoms with E-state index in [4.69, 9.17) is 17.0 Å². The maximum atomic E-state index is 10.8. The minimum absolute atomic E-state index is 0.170. The SMILES string of the molecule is CNC1CCC(=O)NC1=O.[B]=Cc1ccc(OCCCCC=O)cc1COC. The molecule has 2 rings (SSSR count). The van der Waals surface area contributed by atoms with Gasteiger partial charge in [0.1, 0.15) is 0 Å². The second-order valence-electron chi connectivity index (χ2n) is 6.26. The molecule has 1 radical (unpaired) electrons. The molecular formula is C20H28BN2O5. The number of rotatable bonds is 10. The summed E-state index contributed by atoms with van der Waals surface area (Å²) in [5.41, 5.74) is 1.95. The van der Waals surface area contributed by atoms with Gasteiger partial charge in [-0.1, -0.05) is 0 Å². The second kappa shape index (κ2) is 13.8. The number of imide groups is 1. The number of aldehydes is 1. The van der Waals surface area contributed by atoms with Crippen molar-refractivity contribution in [3.8, 4) is 5.75 Å². The van der Waals surface area contributed by atoms with Gasteiger partial charge in [-0.05, 0) is 13.5 Å². The van der Waals surface area contributed by atoms with Crippen molar-refractivity contribution in [1.29, 1.82) is 0 Å². The number of methoxy groups -OCH3 is 1. The molecule has 2 amide bonds. The normalized spacial score (nSPS) is 15.8. The van der Waals surface area contributed by atoms with Crippen molar-refractivity contribution in [2.75, 3.05) is 20.8 Å². The van der Waals surface area contributed by atoms with E-state index in [2.05, 4.69) is 10.6 Å². The fourth-order valence-electron chi connectivity index (χ4n) is 2.60. The summed E-state index contributed by atoms with van der Waals surface area (Å²) < 4.78 is 10.7. The molecule has 1 saturated heterocycles. The summed E-state index contributed by atoms with van der Waals surface area (Å²) in [5.74, 6) is 1.98. The molecule has 1 aromatic carbocycles. The molecule has 0 saturated carbocycles. The molecule has 1 unspecified atom stereocenters. The maximum absolute atomic E-state index is 10.8. The first-order valence-electron chi connectivity index (χ1n) is 9.29. The predicted octanol–water partition coefficient (Wildman–Crippen LogP) is 0.911. The van der Waals surface area contributed by atoms with Gasteiger partial charge in [-0.15, -0.1) is 0 Å². The monoisotopic (exact) mass is 387 g/mol. The van der Waals surface area contributed by atoms with Gasteiger partial charge in [-0.2, -0.15) is 0 Å². The third-order valence-corrected chi connectivity index (χ3v) is 4.17. The van der Waals surface area contributed by atoms with Gasteiger partial charge in [0.05, 0.1) is 6.04 Å². The number of ether oxygens (including phenoxy) is 2. The summed E-state index contributed by atoms with van der Waals surface area (Å²) in [6.07, 6.45) is 4.33. The van der Waals surface area contributed by atoms with E-state index in [-0.39, 0.29) is 17.9 Å². The van der Waals surface area contributed by atoms with Crippen molar-refractivity contribution in [3.63, 3.8) is 0 Å². The van der Waals surface area contributed by atoms with Crippen molar-refractivity contribution in [2.24, 2.45) is 0 Å². The van der Waals surface area contributed by atoms with E-state index in [0.29, 0.717) is 32.5 Å². The van der Waals surface area contributed by atoms with Crippen LogP contribution in [0.4, 0.5) is 0 Å². The number of likely N-dealkylation sites (N-methyl/N-ethyl adjacent to an activating group) is 1. The molecule has 1 aliphatic heterocycles. The van der Waals surface area contributed by atoms with Crippen LogP contribution in [0.25, 0.3) is 0 Å². The average molecular weight is 387 g/mol. The van der Waals surface area contributed by atoms with Gasteiger partial charge in [-0.3, -0.25) is 14.9 Å². The van der Waals surface area contributed by atoms with Gasteiger partial charge in [0.15, 0.2) is 0 Å². The van der Waals surface area contributed by atoms with Crippen LogP contribution in [0.3, 0.4) is 0 Å².